The van der Waals surface area contributed by atoms with Gasteiger partial charge in [-0.1, -0.05) is 24.3 Å². The van der Waals surface area contributed by atoms with Gasteiger partial charge in [0.15, 0.2) is 0 Å². The van der Waals surface area contributed by atoms with E-state index in [0.29, 0.717) is 5.69 Å². The van der Waals surface area contributed by atoms with Crippen molar-refractivity contribution in [1.82, 2.24) is 4.98 Å². The Balaban J connectivity index is 1.78. The summed E-state index contributed by atoms with van der Waals surface area (Å²) in [6.45, 7) is -0.0275. The summed E-state index contributed by atoms with van der Waals surface area (Å²) in [6, 6.07) is 10.9. The fraction of sp³-hybridized carbons (Fsp3) is 0.190. The summed E-state index contributed by atoms with van der Waals surface area (Å²) < 4.78 is 44.2. The van der Waals surface area contributed by atoms with Crippen molar-refractivity contribution < 1.29 is 22.7 Å². The second-order valence-electron chi connectivity index (χ2n) is 6.67. The molecule has 152 valence electrons. The molecule has 4 rings (SSSR count). The third-order valence-electron chi connectivity index (χ3n) is 4.96. The van der Waals surface area contributed by atoms with Crippen LogP contribution in [-0.2, 0) is 6.18 Å². The van der Waals surface area contributed by atoms with Crippen LogP contribution in [0.3, 0.4) is 0 Å². The predicted octanol–water partition coefficient (Wildman–Crippen LogP) is 4.60. The number of methoxy groups -OCH3 is 1. The highest BCUT2D eigenvalue weighted by atomic mass is 19.4. The smallest absolute Gasteiger partial charge is 0.416 e. The van der Waals surface area contributed by atoms with Gasteiger partial charge in [-0.15, -0.1) is 0 Å². The standard InChI is InChI=1S/C21H15F3N4O2/c1-30-19-8-14(21(22,23)24)6-7-17(19)27-12-15(9-25)28(20(27)29)18-11-26-10-13-4-2-3-5-16(13)18/h2-8,10-11,15H,12H2,1H3/t15-/m1/s1. The molecule has 2 heterocycles. The molecule has 0 bridgehead atoms. The van der Waals surface area contributed by atoms with Gasteiger partial charge in [0.1, 0.15) is 11.8 Å². The van der Waals surface area contributed by atoms with Crippen molar-refractivity contribution in [1.29, 1.82) is 5.26 Å². The van der Waals surface area contributed by atoms with Crippen LogP contribution >= 0.6 is 0 Å². The van der Waals surface area contributed by atoms with Gasteiger partial charge in [-0.3, -0.25) is 14.8 Å². The molecule has 30 heavy (non-hydrogen) atoms. The van der Waals surface area contributed by atoms with E-state index in [1.54, 1.807) is 6.20 Å². The molecule has 2 aromatic carbocycles. The molecule has 3 aromatic rings. The molecule has 1 fully saturated rings. The van der Waals surface area contributed by atoms with Crippen molar-refractivity contribution >= 4 is 28.2 Å². The van der Waals surface area contributed by atoms with Crippen LogP contribution in [0.25, 0.3) is 10.8 Å². The number of hydrogen-bond donors (Lipinski definition) is 0. The second kappa shape index (κ2) is 7.22. The zero-order valence-corrected chi connectivity index (χ0v) is 15.7. The van der Waals surface area contributed by atoms with Gasteiger partial charge in [-0.2, -0.15) is 18.4 Å². The first-order chi connectivity index (χ1) is 14.3. The summed E-state index contributed by atoms with van der Waals surface area (Å²) in [7, 11) is 1.23. The van der Waals surface area contributed by atoms with E-state index in [-0.39, 0.29) is 18.0 Å². The number of alkyl halides is 3. The number of amides is 2. The lowest BCUT2D eigenvalue weighted by Crippen LogP contribution is -2.34. The van der Waals surface area contributed by atoms with Crippen LogP contribution in [0.5, 0.6) is 5.75 Å². The zero-order chi connectivity index (χ0) is 21.5. The number of benzene rings is 2. The molecular weight excluding hydrogens is 397 g/mol. The van der Waals surface area contributed by atoms with Crippen LogP contribution in [0.4, 0.5) is 29.3 Å². The van der Waals surface area contributed by atoms with Crippen molar-refractivity contribution in [3.8, 4) is 11.8 Å². The van der Waals surface area contributed by atoms with Gasteiger partial charge < -0.3 is 4.74 Å². The summed E-state index contributed by atoms with van der Waals surface area (Å²) in [6.07, 6.45) is -1.40. The highest BCUT2D eigenvalue weighted by molar-refractivity contribution is 6.12. The third-order valence-corrected chi connectivity index (χ3v) is 4.96. The van der Waals surface area contributed by atoms with Crippen molar-refractivity contribution in [3.63, 3.8) is 0 Å². The van der Waals surface area contributed by atoms with Crippen molar-refractivity contribution in [2.24, 2.45) is 0 Å². The van der Waals surface area contributed by atoms with Gasteiger partial charge in [-0.25, -0.2) is 4.79 Å². The Bertz CT molecular complexity index is 1170. The van der Waals surface area contributed by atoms with Gasteiger partial charge in [0, 0.05) is 17.0 Å². The fourth-order valence-electron chi connectivity index (χ4n) is 3.54. The SMILES string of the molecule is COc1cc(C(F)(F)F)ccc1N1C[C@@H](C#N)N(c2cncc3ccccc23)C1=O. The summed E-state index contributed by atoms with van der Waals surface area (Å²) in [5.74, 6) is -0.104. The molecule has 6 nitrogen and oxygen atoms in total. The van der Waals surface area contributed by atoms with Crippen LogP contribution in [0.1, 0.15) is 5.56 Å². The Hall–Kier alpha value is -3.80. The van der Waals surface area contributed by atoms with E-state index in [1.807, 2.05) is 24.3 Å². The number of ether oxygens (including phenoxy) is 1. The van der Waals surface area contributed by atoms with Crippen molar-refractivity contribution in [2.75, 3.05) is 23.5 Å². The minimum Gasteiger partial charge on any atom is -0.495 e. The number of aromatic nitrogens is 1. The molecule has 2 amide bonds. The summed E-state index contributed by atoms with van der Waals surface area (Å²) in [5, 5.41) is 11.2. The Morgan fingerprint density at radius 3 is 2.63 bits per heavy atom. The molecule has 0 radical (unpaired) electrons. The van der Waals surface area contributed by atoms with Crippen LogP contribution in [0.2, 0.25) is 0 Å². The van der Waals surface area contributed by atoms with Gasteiger partial charge in [0.25, 0.3) is 0 Å². The maximum Gasteiger partial charge on any atom is 0.416 e. The van der Waals surface area contributed by atoms with Gasteiger partial charge in [-0.05, 0) is 18.2 Å². The molecule has 1 aliphatic rings. The zero-order valence-electron chi connectivity index (χ0n) is 15.7. The lowest BCUT2D eigenvalue weighted by molar-refractivity contribution is -0.137. The van der Waals surface area contributed by atoms with Gasteiger partial charge in [0.05, 0.1) is 42.9 Å². The average molecular weight is 412 g/mol. The van der Waals surface area contributed by atoms with Crippen LogP contribution in [0.15, 0.2) is 54.9 Å². The monoisotopic (exact) mass is 412 g/mol. The van der Waals surface area contributed by atoms with Crippen LogP contribution < -0.4 is 14.5 Å². The minimum absolute atomic E-state index is 0.0275. The second-order valence-corrected chi connectivity index (χ2v) is 6.67. The largest absolute Gasteiger partial charge is 0.495 e. The molecule has 0 spiro atoms. The minimum atomic E-state index is -4.54. The number of hydrogen-bond acceptors (Lipinski definition) is 4. The number of urea groups is 1. The predicted molar refractivity (Wildman–Crippen MR) is 104 cm³/mol. The average Bonchev–Trinajstić information content (AvgIpc) is 3.08. The molecular formula is C21H15F3N4O2. The normalized spacial score (nSPS) is 16.8. The maximum absolute atomic E-state index is 13.3. The maximum atomic E-state index is 13.3. The first-order valence-electron chi connectivity index (χ1n) is 8.93. The Kier molecular flexibility index (Phi) is 4.70. The Morgan fingerprint density at radius 2 is 1.93 bits per heavy atom. The van der Waals surface area contributed by atoms with E-state index in [1.165, 1.54) is 29.2 Å². The molecule has 9 heteroatoms. The number of pyridine rings is 1. The van der Waals surface area contributed by atoms with Crippen molar-refractivity contribution in [3.05, 3.63) is 60.4 Å². The number of fused-ring (bicyclic) bond motifs is 1. The number of nitrogens with zero attached hydrogens (tertiary/aromatic N) is 4. The highest BCUT2D eigenvalue weighted by Gasteiger charge is 2.41. The van der Waals surface area contributed by atoms with E-state index in [0.717, 1.165) is 22.9 Å². The lowest BCUT2D eigenvalue weighted by Gasteiger charge is -2.22. The Labute approximate surface area is 169 Å². The third kappa shape index (κ3) is 3.16. The molecule has 1 atom stereocenters. The molecule has 1 aliphatic heterocycles. The van der Waals surface area contributed by atoms with Gasteiger partial charge in [0.2, 0.25) is 0 Å². The molecule has 1 aromatic heterocycles. The van der Waals surface area contributed by atoms with Crippen LogP contribution in [-0.4, -0.2) is 30.7 Å². The molecule has 0 aliphatic carbocycles. The van der Waals surface area contributed by atoms with E-state index in [2.05, 4.69) is 11.1 Å². The number of rotatable bonds is 3. The molecule has 0 N–H and O–H groups in total. The summed E-state index contributed by atoms with van der Waals surface area (Å²) in [4.78, 5) is 20.0. The lowest BCUT2D eigenvalue weighted by atomic mass is 10.1. The topological polar surface area (TPSA) is 69.5 Å². The summed E-state index contributed by atoms with van der Waals surface area (Å²) >= 11 is 0. The van der Waals surface area contributed by atoms with E-state index in [9.17, 15) is 23.2 Å². The van der Waals surface area contributed by atoms with E-state index >= 15 is 0 Å². The number of halogens is 3. The van der Waals surface area contributed by atoms with E-state index < -0.39 is 23.8 Å². The number of carbonyl (C=O) groups excluding carboxylic acids is 1. The quantitative estimate of drug-likeness (QED) is 0.631. The van der Waals surface area contributed by atoms with Gasteiger partial charge >= 0.3 is 12.2 Å². The summed E-state index contributed by atoms with van der Waals surface area (Å²) in [5.41, 5.74) is -0.272. The first kappa shape index (κ1) is 19.5. The molecule has 0 unspecified atom stereocenters. The Morgan fingerprint density at radius 1 is 1.17 bits per heavy atom. The highest BCUT2D eigenvalue weighted by Crippen LogP contribution is 2.40. The molecule has 0 saturated carbocycles. The van der Waals surface area contributed by atoms with Crippen molar-refractivity contribution in [2.45, 2.75) is 12.2 Å². The number of nitriles is 1. The van der Waals surface area contributed by atoms with E-state index in [4.69, 9.17) is 4.74 Å². The molecule has 1 saturated heterocycles. The number of carbonyl (C=O) groups is 1. The van der Waals surface area contributed by atoms with Crippen LogP contribution in [0, 0.1) is 11.3 Å². The fourth-order valence-corrected chi connectivity index (χ4v) is 3.54. The number of anilines is 2. The first-order valence-corrected chi connectivity index (χ1v) is 8.93.